The monoisotopic (exact) mass is 402 g/mol. The lowest BCUT2D eigenvalue weighted by molar-refractivity contribution is 0.0633. The van der Waals surface area contributed by atoms with E-state index in [2.05, 4.69) is 9.97 Å². The van der Waals surface area contributed by atoms with E-state index < -0.39 is 0 Å². The van der Waals surface area contributed by atoms with E-state index in [0.29, 0.717) is 18.1 Å². The highest BCUT2D eigenvalue weighted by molar-refractivity contribution is 5.95. The Morgan fingerprint density at radius 2 is 1.93 bits per heavy atom. The minimum Gasteiger partial charge on any atom is -0.368 e. The first-order valence-electron chi connectivity index (χ1n) is 10.3. The Hall–Kier alpha value is -3.28. The molecule has 1 unspecified atom stereocenters. The minimum absolute atomic E-state index is 0.0218. The number of likely N-dealkylation sites (tertiary alicyclic amines) is 1. The molecule has 1 fully saturated rings. The van der Waals surface area contributed by atoms with Crippen molar-refractivity contribution in [1.82, 2.24) is 14.9 Å². The number of hydrogen-bond donors (Lipinski definition) is 1. The molecule has 6 heteroatoms. The lowest BCUT2D eigenvalue weighted by Crippen LogP contribution is -2.48. The normalized spacial score (nSPS) is 20.4. The zero-order valence-corrected chi connectivity index (χ0v) is 16.6. The van der Waals surface area contributed by atoms with Crippen LogP contribution in [0.3, 0.4) is 0 Å². The van der Waals surface area contributed by atoms with E-state index in [1.54, 1.807) is 12.1 Å². The largest absolute Gasteiger partial charge is 0.368 e. The van der Waals surface area contributed by atoms with Gasteiger partial charge in [0.1, 0.15) is 5.82 Å². The molecule has 1 aliphatic carbocycles. The van der Waals surface area contributed by atoms with E-state index >= 15 is 0 Å². The summed E-state index contributed by atoms with van der Waals surface area (Å²) in [6, 6.07) is 13.9. The fraction of sp³-hybridized carbons (Fsp3) is 0.292. The van der Waals surface area contributed by atoms with Crippen molar-refractivity contribution in [2.24, 2.45) is 0 Å². The molecule has 0 bridgehead atoms. The molecule has 1 spiro atoms. The number of amides is 1. The van der Waals surface area contributed by atoms with Gasteiger partial charge in [-0.2, -0.15) is 0 Å². The second-order valence-electron chi connectivity index (χ2n) is 8.30. The molecule has 2 aromatic carbocycles. The van der Waals surface area contributed by atoms with Crippen molar-refractivity contribution < 1.29 is 9.18 Å². The van der Waals surface area contributed by atoms with Crippen molar-refractivity contribution in [3.8, 4) is 11.1 Å². The molecular formula is C24H23FN4O. The molecule has 2 heterocycles. The van der Waals surface area contributed by atoms with Gasteiger partial charge in [0.25, 0.3) is 5.91 Å². The Morgan fingerprint density at radius 3 is 2.77 bits per heavy atom. The average Bonchev–Trinajstić information content (AvgIpc) is 3.10. The number of aromatic nitrogens is 2. The van der Waals surface area contributed by atoms with E-state index in [9.17, 15) is 9.18 Å². The van der Waals surface area contributed by atoms with Crippen LogP contribution >= 0.6 is 0 Å². The summed E-state index contributed by atoms with van der Waals surface area (Å²) < 4.78 is 13.3. The fourth-order valence-electron chi connectivity index (χ4n) is 4.91. The van der Waals surface area contributed by atoms with Crippen molar-refractivity contribution in [3.63, 3.8) is 0 Å². The highest BCUT2D eigenvalue weighted by atomic mass is 19.1. The van der Waals surface area contributed by atoms with Gasteiger partial charge in [-0.1, -0.05) is 24.3 Å². The van der Waals surface area contributed by atoms with Gasteiger partial charge in [0.05, 0.1) is 5.69 Å². The summed E-state index contributed by atoms with van der Waals surface area (Å²) in [7, 11) is 0. The van der Waals surface area contributed by atoms with Gasteiger partial charge in [0.15, 0.2) is 0 Å². The maximum absolute atomic E-state index is 13.4. The topological polar surface area (TPSA) is 72.1 Å². The molecule has 2 N–H and O–H groups in total. The Morgan fingerprint density at radius 1 is 1.10 bits per heavy atom. The van der Waals surface area contributed by atoms with Crippen LogP contribution in [0.5, 0.6) is 0 Å². The predicted octanol–water partition coefficient (Wildman–Crippen LogP) is 3.99. The summed E-state index contributed by atoms with van der Waals surface area (Å²) in [5.41, 5.74) is 10.3. The molecule has 152 valence electrons. The van der Waals surface area contributed by atoms with Gasteiger partial charge < -0.3 is 10.6 Å². The smallest absolute Gasteiger partial charge is 0.253 e. The second-order valence-corrected chi connectivity index (χ2v) is 8.30. The highest BCUT2D eigenvalue weighted by Gasteiger charge is 2.44. The number of anilines is 1. The molecule has 1 aromatic heterocycles. The number of rotatable bonds is 2. The van der Waals surface area contributed by atoms with E-state index in [1.165, 1.54) is 12.1 Å². The molecule has 5 rings (SSSR count). The van der Waals surface area contributed by atoms with Crippen LogP contribution in [0.1, 0.15) is 40.9 Å². The van der Waals surface area contributed by atoms with Crippen molar-refractivity contribution in [3.05, 3.63) is 77.4 Å². The third kappa shape index (κ3) is 3.22. The van der Waals surface area contributed by atoms with Crippen LogP contribution in [0.15, 0.2) is 54.7 Å². The molecule has 1 amide bonds. The first kappa shape index (κ1) is 18.7. The quantitative estimate of drug-likeness (QED) is 0.704. The summed E-state index contributed by atoms with van der Waals surface area (Å²) in [6.45, 7) is 1.38. The number of nitrogens with zero attached hydrogens (tertiary/aromatic N) is 3. The van der Waals surface area contributed by atoms with Crippen LogP contribution in [-0.4, -0.2) is 33.9 Å². The Bertz CT molecular complexity index is 1110. The summed E-state index contributed by atoms with van der Waals surface area (Å²) in [5.74, 6) is 0.0462. The van der Waals surface area contributed by atoms with E-state index in [4.69, 9.17) is 5.73 Å². The second kappa shape index (κ2) is 7.20. The molecule has 0 saturated carbocycles. The molecule has 3 aromatic rings. The SMILES string of the molecule is Nc1ncc2c(n1)C1(CCCN(C(=O)c3cccc(-c4ccc(F)cc4)c3)C1)CC2. The molecule has 30 heavy (non-hydrogen) atoms. The number of benzene rings is 2. The number of hydrogen-bond acceptors (Lipinski definition) is 4. The van der Waals surface area contributed by atoms with Gasteiger partial charge in [-0.15, -0.1) is 0 Å². The zero-order valence-electron chi connectivity index (χ0n) is 16.6. The fourth-order valence-corrected chi connectivity index (χ4v) is 4.91. The molecule has 1 aliphatic heterocycles. The van der Waals surface area contributed by atoms with E-state index in [1.807, 2.05) is 35.4 Å². The number of carbonyl (C=O) groups excluding carboxylic acids is 1. The Labute approximate surface area is 174 Å². The van der Waals surface area contributed by atoms with Crippen molar-refractivity contribution in [2.75, 3.05) is 18.8 Å². The van der Waals surface area contributed by atoms with Gasteiger partial charge >= 0.3 is 0 Å². The van der Waals surface area contributed by atoms with Crippen molar-refractivity contribution >= 4 is 11.9 Å². The summed E-state index contributed by atoms with van der Waals surface area (Å²) >= 11 is 0. The van der Waals surface area contributed by atoms with Crippen LogP contribution in [0.2, 0.25) is 0 Å². The molecule has 1 saturated heterocycles. The Kier molecular flexibility index (Phi) is 4.50. The lowest BCUT2D eigenvalue weighted by Gasteiger charge is -2.40. The summed E-state index contributed by atoms with van der Waals surface area (Å²) in [4.78, 5) is 24.0. The lowest BCUT2D eigenvalue weighted by atomic mass is 9.77. The van der Waals surface area contributed by atoms with Crippen LogP contribution < -0.4 is 5.73 Å². The van der Waals surface area contributed by atoms with Gasteiger partial charge in [-0.3, -0.25) is 4.79 Å². The van der Waals surface area contributed by atoms with Crippen LogP contribution in [-0.2, 0) is 11.8 Å². The molecule has 1 atom stereocenters. The number of piperidine rings is 1. The predicted molar refractivity (Wildman–Crippen MR) is 113 cm³/mol. The third-order valence-electron chi connectivity index (χ3n) is 6.41. The maximum Gasteiger partial charge on any atom is 0.253 e. The number of carbonyl (C=O) groups is 1. The third-order valence-corrected chi connectivity index (χ3v) is 6.41. The first-order chi connectivity index (χ1) is 14.5. The Balaban J connectivity index is 1.42. The number of nitrogens with two attached hydrogens (primary N) is 1. The molecule has 2 aliphatic rings. The van der Waals surface area contributed by atoms with Crippen LogP contribution in [0, 0.1) is 5.82 Å². The summed E-state index contributed by atoms with van der Waals surface area (Å²) in [6.07, 6.45) is 5.68. The summed E-state index contributed by atoms with van der Waals surface area (Å²) in [5, 5.41) is 0. The van der Waals surface area contributed by atoms with Gasteiger partial charge in [0, 0.05) is 30.3 Å². The number of halogens is 1. The first-order valence-corrected chi connectivity index (χ1v) is 10.3. The van der Waals surface area contributed by atoms with Crippen LogP contribution in [0.25, 0.3) is 11.1 Å². The van der Waals surface area contributed by atoms with Gasteiger partial charge in [-0.25, -0.2) is 14.4 Å². The zero-order chi connectivity index (χ0) is 20.7. The number of fused-ring (bicyclic) bond motifs is 2. The van der Waals surface area contributed by atoms with Crippen LogP contribution in [0.4, 0.5) is 10.3 Å². The van der Waals surface area contributed by atoms with E-state index in [0.717, 1.165) is 54.6 Å². The highest BCUT2D eigenvalue weighted by Crippen LogP contribution is 2.44. The average molecular weight is 402 g/mol. The van der Waals surface area contributed by atoms with Crippen molar-refractivity contribution in [2.45, 2.75) is 31.1 Å². The number of nitrogen functional groups attached to an aromatic ring is 1. The van der Waals surface area contributed by atoms with E-state index in [-0.39, 0.29) is 17.1 Å². The van der Waals surface area contributed by atoms with Gasteiger partial charge in [0.2, 0.25) is 5.95 Å². The minimum atomic E-state index is -0.272. The van der Waals surface area contributed by atoms with Gasteiger partial charge in [-0.05, 0) is 66.6 Å². The van der Waals surface area contributed by atoms with Crippen molar-refractivity contribution in [1.29, 1.82) is 0 Å². The molecule has 5 nitrogen and oxygen atoms in total. The molecular weight excluding hydrogens is 379 g/mol. The standard InChI is InChI=1S/C24H23FN4O/c25-20-7-5-16(6-8-20)17-3-1-4-18(13-17)22(30)29-12-2-10-24(15-29)11-9-19-14-27-23(26)28-21(19)24/h1,3-8,13-14H,2,9-12,15H2,(H2,26,27,28). The molecule has 0 radical (unpaired) electrons. The maximum atomic E-state index is 13.4. The number of aryl methyl sites for hydroxylation is 1.